The standard InChI is InChI=1S/C14H20N6O/c1-8(9(2)20-14(16)21)12(17-3)11-5-10(6-15)13(18-4)19-7-11/h5-7,15H,1-4H3,(H,18,19)(H3,16,20,21)/b9-8+,15-6?,17-12?. The molecule has 0 saturated heterocycles. The van der Waals surface area contributed by atoms with Crippen molar-refractivity contribution in [1.29, 1.82) is 5.41 Å². The molecule has 1 heterocycles. The number of pyridine rings is 1. The van der Waals surface area contributed by atoms with Crippen molar-refractivity contribution in [2.45, 2.75) is 13.8 Å². The molecular weight excluding hydrogens is 268 g/mol. The highest BCUT2D eigenvalue weighted by molar-refractivity contribution is 6.13. The van der Waals surface area contributed by atoms with Gasteiger partial charge in [0.1, 0.15) is 5.82 Å². The van der Waals surface area contributed by atoms with Crippen LogP contribution in [-0.2, 0) is 0 Å². The lowest BCUT2D eigenvalue weighted by atomic mass is 10.0. The van der Waals surface area contributed by atoms with Crippen molar-refractivity contribution in [2.24, 2.45) is 10.7 Å². The van der Waals surface area contributed by atoms with Gasteiger partial charge >= 0.3 is 6.03 Å². The number of rotatable bonds is 5. The number of aromatic nitrogens is 1. The minimum absolute atomic E-state index is 0.619. The molecule has 1 rings (SSSR count). The fourth-order valence-electron chi connectivity index (χ4n) is 1.90. The second-order valence-corrected chi connectivity index (χ2v) is 4.37. The summed E-state index contributed by atoms with van der Waals surface area (Å²) in [6.07, 6.45) is 2.89. The Balaban J connectivity index is 3.29. The largest absolute Gasteiger partial charge is 0.373 e. The van der Waals surface area contributed by atoms with Gasteiger partial charge in [0.15, 0.2) is 0 Å². The van der Waals surface area contributed by atoms with Gasteiger partial charge in [-0.1, -0.05) is 0 Å². The number of carbonyl (C=O) groups is 1. The van der Waals surface area contributed by atoms with Crippen LogP contribution in [0.25, 0.3) is 0 Å². The third-order valence-corrected chi connectivity index (χ3v) is 3.03. The van der Waals surface area contributed by atoms with E-state index in [9.17, 15) is 4.79 Å². The van der Waals surface area contributed by atoms with Crippen LogP contribution in [0.4, 0.5) is 10.6 Å². The van der Waals surface area contributed by atoms with E-state index in [1.54, 1.807) is 27.2 Å². The summed E-state index contributed by atoms with van der Waals surface area (Å²) in [6, 6.07) is 1.20. The van der Waals surface area contributed by atoms with Crippen LogP contribution >= 0.6 is 0 Å². The molecule has 1 aromatic heterocycles. The van der Waals surface area contributed by atoms with Crippen molar-refractivity contribution in [3.63, 3.8) is 0 Å². The fraction of sp³-hybridized carbons (Fsp3) is 0.286. The number of amides is 2. The molecule has 7 nitrogen and oxygen atoms in total. The first-order chi connectivity index (χ1) is 9.94. The lowest BCUT2D eigenvalue weighted by molar-refractivity contribution is 0.251. The van der Waals surface area contributed by atoms with E-state index in [0.29, 0.717) is 22.8 Å². The highest BCUT2D eigenvalue weighted by Crippen LogP contribution is 2.16. The topological polar surface area (TPSA) is 116 Å². The molecule has 7 heteroatoms. The normalized spacial score (nSPS) is 12.5. The number of nitrogens with one attached hydrogen (secondary N) is 3. The number of hydrogen-bond acceptors (Lipinski definition) is 5. The number of nitrogens with two attached hydrogens (primary N) is 1. The summed E-state index contributed by atoms with van der Waals surface area (Å²) in [5, 5.41) is 12.9. The van der Waals surface area contributed by atoms with Gasteiger partial charge in [0.2, 0.25) is 0 Å². The van der Waals surface area contributed by atoms with E-state index in [2.05, 4.69) is 20.6 Å². The molecule has 2 amide bonds. The fourth-order valence-corrected chi connectivity index (χ4v) is 1.90. The first-order valence-corrected chi connectivity index (χ1v) is 6.34. The maximum absolute atomic E-state index is 10.9. The Bertz CT molecular complexity index is 618. The van der Waals surface area contributed by atoms with Crippen molar-refractivity contribution in [3.05, 3.63) is 34.7 Å². The van der Waals surface area contributed by atoms with Crippen molar-refractivity contribution in [2.75, 3.05) is 19.4 Å². The monoisotopic (exact) mass is 288 g/mol. The number of allylic oxidation sites excluding steroid dienone is 2. The first kappa shape index (κ1) is 16.4. The number of urea groups is 1. The molecule has 112 valence electrons. The van der Waals surface area contributed by atoms with Gasteiger partial charge in [-0.3, -0.25) is 4.99 Å². The minimum atomic E-state index is -0.619. The van der Waals surface area contributed by atoms with Gasteiger partial charge in [0.05, 0.1) is 5.71 Å². The Morgan fingerprint density at radius 3 is 2.62 bits per heavy atom. The molecule has 0 fully saturated rings. The SMILES string of the molecule is CN=C(/C(C)=C(\C)NC(N)=O)c1cnc(NC)c(C=N)c1. The highest BCUT2D eigenvalue weighted by Gasteiger charge is 2.12. The van der Waals surface area contributed by atoms with Gasteiger partial charge in [-0.2, -0.15) is 0 Å². The molecule has 0 atom stereocenters. The van der Waals surface area contributed by atoms with Crippen LogP contribution in [0.1, 0.15) is 25.0 Å². The number of primary amides is 1. The molecule has 0 radical (unpaired) electrons. The Morgan fingerprint density at radius 2 is 2.14 bits per heavy atom. The van der Waals surface area contributed by atoms with E-state index in [4.69, 9.17) is 11.1 Å². The highest BCUT2D eigenvalue weighted by atomic mass is 16.2. The van der Waals surface area contributed by atoms with E-state index in [1.807, 2.05) is 13.0 Å². The number of anilines is 1. The van der Waals surface area contributed by atoms with Crippen LogP contribution in [0.3, 0.4) is 0 Å². The molecule has 0 bridgehead atoms. The zero-order valence-corrected chi connectivity index (χ0v) is 12.6. The molecule has 0 aliphatic carbocycles. The number of hydrogen-bond donors (Lipinski definition) is 4. The van der Waals surface area contributed by atoms with E-state index in [-0.39, 0.29) is 0 Å². The van der Waals surface area contributed by atoms with Gasteiger partial charge in [-0.05, 0) is 25.5 Å². The molecule has 21 heavy (non-hydrogen) atoms. The molecular formula is C14H20N6O. The Labute approximate surface area is 123 Å². The van der Waals surface area contributed by atoms with Gasteiger partial charge in [-0.15, -0.1) is 0 Å². The van der Waals surface area contributed by atoms with Crippen LogP contribution in [-0.4, -0.2) is 37.0 Å². The average Bonchev–Trinajstić information content (AvgIpc) is 2.46. The Hall–Kier alpha value is -2.70. The maximum atomic E-state index is 10.9. The third kappa shape index (κ3) is 3.88. The van der Waals surface area contributed by atoms with Crippen molar-refractivity contribution < 1.29 is 4.79 Å². The van der Waals surface area contributed by atoms with E-state index in [1.165, 1.54) is 6.21 Å². The molecule has 0 aliphatic heterocycles. The van der Waals surface area contributed by atoms with E-state index < -0.39 is 6.03 Å². The summed E-state index contributed by atoms with van der Waals surface area (Å²) in [5.41, 5.74) is 8.63. The summed E-state index contributed by atoms with van der Waals surface area (Å²) < 4.78 is 0. The predicted molar refractivity (Wildman–Crippen MR) is 85.2 cm³/mol. The van der Waals surface area contributed by atoms with Crippen molar-refractivity contribution in [1.82, 2.24) is 10.3 Å². The van der Waals surface area contributed by atoms with Gasteiger partial charge < -0.3 is 21.8 Å². The maximum Gasteiger partial charge on any atom is 0.316 e. The average molecular weight is 288 g/mol. The predicted octanol–water partition coefficient (Wildman–Crippen LogP) is 1.50. The second kappa shape index (κ2) is 7.18. The Morgan fingerprint density at radius 1 is 1.48 bits per heavy atom. The van der Waals surface area contributed by atoms with Crippen LogP contribution in [0.5, 0.6) is 0 Å². The third-order valence-electron chi connectivity index (χ3n) is 3.03. The summed E-state index contributed by atoms with van der Waals surface area (Å²) in [5.74, 6) is 0.623. The number of aliphatic imine (C=N–C) groups is 1. The molecule has 0 spiro atoms. The second-order valence-electron chi connectivity index (χ2n) is 4.37. The van der Waals surface area contributed by atoms with Gasteiger partial charge in [0, 0.05) is 43.3 Å². The van der Waals surface area contributed by atoms with Gasteiger partial charge in [0.25, 0.3) is 0 Å². The van der Waals surface area contributed by atoms with Crippen molar-refractivity contribution >= 4 is 23.8 Å². The smallest absolute Gasteiger partial charge is 0.316 e. The summed E-state index contributed by atoms with van der Waals surface area (Å²) in [6.45, 7) is 3.59. The molecule has 0 saturated carbocycles. The van der Waals surface area contributed by atoms with E-state index in [0.717, 1.165) is 11.1 Å². The van der Waals surface area contributed by atoms with Crippen LogP contribution in [0.2, 0.25) is 0 Å². The molecule has 0 aliphatic rings. The minimum Gasteiger partial charge on any atom is -0.373 e. The van der Waals surface area contributed by atoms with Crippen LogP contribution in [0, 0.1) is 5.41 Å². The zero-order valence-electron chi connectivity index (χ0n) is 12.6. The van der Waals surface area contributed by atoms with E-state index >= 15 is 0 Å². The molecule has 1 aromatic rings. The molecule has 0 unspecified atom stereocenters. The lowest BCUT2D eigenvalue weighted by Crippen LogP contribution is -2.29. The van der Waals surface area contributed by atoms with Crippen LogP contribution < -0.4 is 16.4 Å². The summed E-state index contributed by atoms with van der Waals surface area (Å²) >= 11 is 0. The first-order valence-electron chi connectivity index (χ1n) is 6.34. The van der Waals surface area contributed by atoms with Crippen molar-refractivity contribution in [3.8, 4) is 0 Å². The number of carbonyl (C=O) groups excluding carboxylic acids is 1. The van der Waals surface area contributed by atoms with Crippen LogP contribution in [0.15, 0.2) is 28.5 Å². The molecule has 5 N–H and O–H groups in total. The zero-order chi connectivity index (χ0) is 16.0. The number of nitrogens with zero attached hydrogens (tertiary/aromatic N) is 2. The molecule has 0 aromatic carbocycles. The summed E-state index contributed by atoms with van der Waals surface area (Å²) in [4.78, 5) is 19.4. The quantitative estimate of drug-likeness (QED) is 0.615. The lowest BCUT2D eigenvalue weighted by Gasteiger charge is -2.12. The van der Waals surface area contributed by atoms with Gasteiger partial charge in [-0.25, -0.2) is 9.78 Å². The summed E-state index contributed by atoms with van der Waals surface area (Å²) in [7, 11) is 3.41. The Kier molecular flexibility index (Phi) is 5.59.